The van der Waals surface area contributed by atoms with Crippen molar-refractivity contribution in [3.8, 4) is 0 Å². The molecule has 0 unspecified atom stereocenters. The Morgan fingerprint density at radius 1 is 1.25 bits per heavy atom. The van der Waals surface area contributed by atoms with E-state index in [2.05, 4.69) is 18.2 Å². The van der Waals surface area contributed by atoms with Crippen molar-refractivity contribution in [2.24, 2.45) is 0 Å². The van der Waals surface area contributed by atoms with Crippen LogP contribution in [0.25, 0.3) is 0 Å². The first kappa shape index (κ1) is 14.3. The number of ether oxygens (including phenoxy) is 3. The first-order chi connectivity index (χ1) is 9.72. The monoisotopic (exact) mass is 296 g/mol. The maximum Gasteiger partial charge on any atom is 0.168 e. The highest BCUT2D eigenvalue weighted by atomic mass is 35.5. The Balaban J connectivity index is 1.67. The van der Waals surface area contributed by atoms with E-state index in [0.717, 1.165) is 49.5 Å². The molecule has 1 aliphatic carbocycles. The summed E-state index contributed by atoms with van der Waals surface area (Å²) in [7, 11) is 1.69. The van der Waals surface area contributed by atoms with Crippen molar-refractivity contribution < 1.29 is 14.2 Å². The lowest BCUT2D eigenvalue weighted by Crippen LogP contribution is -2.34. The van der Waals surface area contributed by atoms with Crippen LogP contribution in [0.2, 0.25) is 5.02 Å². The summed E-state index contributed by atoms with van der Waals surface area (Å²) in [6.45, 7) is 2.04. The smallest absolute Gasteiger partial charge is 0.168 e. The Hall–Kier alpha value is -0.610. The van der Waals surface area contributed by atoms with Gasteiger partial charge in [-0.25, -0.2) is 0 Å². The maximum atomic E-state index is 6.32. The molecule has 0 radical (unpaired) electrons. The molecule has 110 valence electrons. The average Bonchev–Trinajstić information content (AvgIpc) is 2.91. The number of hydrogen-bond acceptors (Lipinski definition) is 3. The lowest BCUT2D eigenvalue weighted by Gasteiger charge is -2.35. The van der Waals surface area contributed by atoms with E-state index >= 15 is 0 Å². The van der Waals surface area contributed by atoms with Crippen LogP contribution < -0.4 is 0 Å². The fraction of sp³-hybridized carbons (Fsp3) is 0.625. The molecule has 0 N–H and O–H groups in total. The predicted molar refractivity (Wildman–Crippen MR) is 78.0 cm³/mol. The molecule has 0 atom stereocenters. The summed E-state index contributed by atoms with van der Waals surface area (Å²) in [6.07, 6.45) is 4.16. The van der Waals surface area contributed by atoms with E-state index in [-0.39, 0.29) is 5.79 Å². The molecular weight excluding hydrogens is 276 g/mol. The summed E-state index contributed by atoms with van der Waals surface area (Å²) in [4.78, 5) is 0. The SMILES string of the molecule is COCc1ccc(C2CCC3(CC2)OCCO3)cc1Cl. The van der Waals surface area contributed by atoms with Crippen LogP contribution in [0.5, 0.6) is 0 Å². The van der Waals surface area contributed by atoms with Crippen molar-refractivity contribution >= 4 is 11.6 Å². The molecular formula is C16H21ClO3. The molecule has 2 fully saturated rings. The highest BCUT2D eigenvalue weighted by Crippen LogP contribution is 2.42. The molecule has 1 saturated heterocycles. The van der Waals surface area contributed by atoms with Gasteiger partial charge >= 0.3 is 0 Å². The molecule has 3 rings (SSSR count). The van der Waals surface area contributed by atoms with Gasteiger partial charge in [0.15, 0.2) is 5.79 Å². The van der Waals surface area contributed by atoms with E-state index in [9.17, 15) is 0 Å². The minimum absolute atomic E-state index is 0.281. The quantitative estimate of drug-likeness (QED) is 0.847. The van der Waals surface area contributed by atoms with Gasteiger partial charge < -0.3 is 14.2 Å². The van der Waals surface area contributed by atoms with Gasteiger partial charge in [0.25, 0.3) is 0 Å². The van der Waals surface area contributed by atoms with E-state index in [1.165, 1.54) is 5.56 Å². The van der Waals surface area contributed by atoms with Crippen LogP contribution >= 0.6 is 11.6 Å². The van der Waals surface area contributed by atoms with Gasteiger partial charge in [-0.1, -0.05) is 23.7 Å². The maximum absolute atomic E-state index is 6.32. The lowest BCUT2D eigenvalue weighted by atomic mass is 9.81. The third-order valence-electron chi connectivity index (χ3n) is 4.41. The molecule has 0 bridgehead atoms. The van der Waals surface area contributed by atoms with E-state index in [0.29, 0.717) is 12.5 Å². The van der Waals surface area contributed by atoms with Crippen LogP contribution in [-0.2, 0) is 20.8 Å². The molecule has 1 spiro atoms. The van der Waals surface area contributed by atoms with Gasteiger partial charge in [0.2, 0.25) is 0 Å². The average molecular weight is 297 g/mol. The number of benzene rings is 1. The summed E-state index contributed by atoms with van der Waals surface area (Å²) >= 11 is 6.32. The van der Waals surface area contributed by atoms with Gasteiger partial charge in [-0.2, -0.15) is 0 Å². The van der Waals surface area contributed by atoms with E-state index < -0.39 is 0 Å². The van der Waals surface area contributed by atoms with Crippen LogP contribution in [0.3, 0.4) is 0 Å². The molecule has 1 aromatic carbocycles. The van der Waals surface area contributed by atoms with Gasteiger partial charge in [0.05, 0.1) is 19.8 Å². The molecule has 0 aromatic heterocycles. The predicted octanol–water partition coefficient (Wildman–Crippen LogP) is 3.89. The Morgan fingerprint density at radius 2 is 1.95 bits per heavy atom. The van der Waals surface area contributed by atoms with E-state index in [1.54, 1.807) is 7.11 Å². The molecule has 1 aromatic rings. The molecule has 3 nitrogen and oxygen atoms in total. The Morgan fingerprint density at radius 3 is 2.55 bits per heavy atom. The molecule has 0 amide bonds. The van der Waals surface area contributed by atoms with E-state index in [4.69, 9.17) is 25.8 Å². The molecule has 1 saturated carbocycles. The zero-order chi connectivity index (χ0) is 14.0. The topological polar surface area (TPSA) is 27.7 Å². The van der Waals surface area contributed by atoms with Gasteiger partial charge in [0.1, 0.15) is 0 Å². The largest absolute Gasteiger partial charge is 0.380 e. The third kappa shape index (κ3) is 2.86. The number of hydrogen-bond donors (Lipinski definition) is 0. The second kappa shape index (κ2) is 6.02. The Kier molecular flexibility index (Phi) is 4.32. The summed E-state index contributed by atoms with van der Waals surface area (Å²) in [5, 5.41) is 0.804. The van der Waals surface area contributed by atoms with Crippen molar-refractivity contribution in [2.45, 2.75) is 44.0 Å². The normalized spacial score (nSPS) is 22.5. The zero-order valence-electron chi connectivity index (χ0n) is 11.9. The van der Waals surface area contributed by atoms with Crippen LogP contribution in [0, 0.1) is 0 Å². The fourth-order valence-electron chi connectivity index (χ4n) is 3.27. The second-order valence-corrected chi connectivity index (χ2v) is 6.07. The molecule has 4 heteroatoms. The number of methoxy groups -OCH3 is 1. The standard InChI is InChI=1S/C16H21ClO3/c1-18-11-14-3-2-13(10-15(14)17)12-4-6-16(7-5-12)19-8-9-20-16/h2-3,10,12H,4-9,11H2,1H3. The molecule has 20 heavy (non-hydrogen) atoms. The highest BCUT2D eigenvalue weighted by Gasteiger charge is 2.40. The molecule has 1 heterocycles. The lowest BCUT2D eigenvalue weighted by molar-refractivity contribution is -0.178. The summed E-state index contributed by atoms with van der Waals surface area (Å²) in [6, 6.07) is 6.35. The summed E-state index contributed by atoms with van der Waals surface area (Å²) in [5.74, 6) is 0.276. The van der Waals surface area contributed by atoms with Gasteiger partial charge in [-0.3, -0.25) is 0 Å². The first-order valence-corrected chi connectivity index (χ1v) is 7.65. The highest BCUT2D eigenvalue weighted by molar-refractivity contribution is 6.31. The number of rotatable bonds is 3. The second-order valence-electron chi connectivity index (χ2n) is 5.67. The van der Waals surface area contributed by atoms with E-state index in [1.807, 2.05) is 0 Å². The minimum atomic E-state index is -0.281. The van der Waals surface area contributed by atoms with Gasteiger partial charge in [-0.05, 0) is 36.0 Å². The third-order valence-corrected chi connectivity index (χ3v) is 4.76. The van der Waals surface area contributed by atoms with Crippen LogP contribution in [0.4, 0.5) is 0 Å². The van der Waals surface area contributed by atoms with Crippen LogP contribution in [0.15, 0.2) is 18.2 Å². The van der Waals surface area contributed by atoms with Crippen LogP contribution in [-0.4, -0.2) is 26.1 Å². The Labute approximate surface area is 125 Å². The zero-order valence-corrected chi connectivity index (χ0v) is 12.6. The molecule has 1 aliphatic heterocycles. The summed E-state index contributed by atoms with van der Waals surface area (Å²) in [5.41, 5.74) is 2.37. The molecule has 2 aliphatic rings. The first-order valence-electron chi connectivity index (χ1n) is 7.28. The number of halogens is 1. The minimum Gasteiger partial charge on any atom is -0.380 e. The van der Waals surface area contributed by atoms with Crippen LogP contribution in [0.1, 0.15) is 42.7 Å². The van der Waals surface area contributed by atoms with Crippen molar-refractivity contribution in [3.05, 3.63) is 34.3 Å². The van der Waals surface area contributed by atoms with Crippen molar-refractivity contribution in [2.75, 3.05) is 20.3 Å². The fourth-order valence-corrected chi connectivity index (χ4v) is 3.51. The van der Waals surface area contributed by atoms with Crippen molar-refractivity contribution in [1.82, 2.24) is 0 Å². The summed E-state index contributed by atoms with van der Waals surface area (Å²) < 4.78 is 16.7. The van der Waals surface area contributed by atoms with Gasteiger partial charge in [-0.15, -0.1) is 0 Å². The van der Waals surface area contributed by atoms with Crippen molar-refractivity contribution in [3.63, 3.8) is 0 Å². The Bertz CT molecular complexity index is 459. The van der Waals surface area contributed by atoms with Gasteiger partial charge in [0, 0.05) is 25.0 Å². The van der Waals surface area contributed by atoms with Crippen molar-refractivity contribution in [1.29, 1.82) is 0 Å².